The summed E-state index contributed by atoms with van der Waals surface area (Å²) < 4.78 is 16.3. The number of aromatic nitrogens is 1. The standard InChI is InChI=1S/C24H19ClN2O4/c1-29-21-9-6-15(12-22(21)30-2)7-11-23(28)26-18-8-10-20-19(14-18)27-24(31-20)16-4-3-5-17(25)13-16/h3-14H,1-2H3,(H,26,28)/b11-7+. The zero-order chi connectivity index (χ0) is 21.8. The average Bonchev–Trinajstić information content (AvgIpc) is 3.21. The minimum atomic E-state index is -0.271. The summed E-state index contributed by atoms with van der Waals surface area (Å²) in [7, 11) is 3.14. The third kappa shape index (κ3) is 4.70. The largest absolute Gasteiger partial charge is 0.493 e. The van der Waals surface area contributed by atoms with Crippen LogP contribution >= 0.6 is 11.6 Å². The van der Waals surface area contributed by atoms with Crippen molar-refractivity contribution in [3.63, 3.8) is 0 Å². The van der Waals surface area contributed by atoms with E-state index in [1.807, 2.05) is 18.2 Å². The molecule has 1 aromatic heterocycles. The molecule has 0 aliphatic heterocycles. The summed E-state index contributed by atoms with van der Waals surface area (Å²) in [5.74, 6) is 1.42. The Morgan fingerprint density at radius 3 is 2.65 bits per heavy atom. The minimum absolute atomic E-state index is 0.271. The van der Waals surface area contributed by atoms with Crippen molar-refractivity contribution in [3.8, 4) is 23.0 Å². The van der Waals surface area contributed by atoms with Crippen LogP contribution in [0.3, 0.4) is 0 Å². The highest BCUT2D eigenvalue weighted by atomic mass is 35.5. The maximum atomic E-state index is 12.4. The number of oxazole rings is 1. The van der Waals surface area contributed by atoms with E-state index in [1.54, 1.807) is 62.8 Å². The van der Waals surface area contributed by atoms with Gasteiger partial charge < -0.3 is 19.2 Å². The van der Waals surface area contributed by atoms with Crippen molar-refractivity contribution in [3.05, 3.63) is 77.3 Å². The van der Waals surface area contributed by atoms with Gasteiger partial charge in [0.2, 0.25) is 11.8 Å². The Morgan fingerprint density at radius 2 is 1.87 bits per heavy atom. The number of hydrogen-bond acceptors (Lipinski definition) is 5. The number of rotatable bonds is 6. The number of hydrogen-bond donors (Lipinski definition) is 1. The van der Waals surface area contributed by atoms with E-state index in [0.29, 0.717) is 39.2 Å². The second-order valence-electron chi connectivity index (χ2n) is 6.65. The fourth-order valence-electron chi connectivity index (χ4n) is 3.06. The molecule has 7 heteroatoms. The molecule has 4 aromatic rings. The molecule has 0 saturated carbocycles. The summed E-state index contributed by atoms with van der Waals surface area (Å²) in [6.45, 7) is 0. The Morgan fingerprint density at radius 1 is 1.03 bits per heavy atom. The predicted octanol–water partition coefficient (Wildman–Crippen LogP) is 5.82. The second-order valence-corrected chi connectivity index (χ2v) is 7.09. The monoisotopic (exact) mass is 434 g/mol. The lowest BCUT2D eigenvalue weighted by atomic mass is 10.2. The van der Waals surface area contributed by atoms with Crippen LogP contribution in [-0.2, 0) is 4.79 Å². The van der Waals surface area contributed by atoms with Crippen molar-refractivity contribution >= 4 is 40.4 Å². The van der Waals surface area contributed by atoms with Gasteiger partial charge in [-0.3, -0.25) is 4.79 Å². The van der Waals surface area contributed by atoms with E-state index >= 15 is 0 Å². The highest BCUT2D eigenvalue weighted by molar-refractivity contribution is 6.30. The van der Waals surface area contributed by atoms with Gasteiger partial charge in [-0.05, 0) is 60.2 Å². The molecule has 0 fully saturated rings. The van der Waals surface area contributed by atoms with Crippen molar-refractivity contribution < 1.29 is 18.7 Å². The number of carbonyl (C=O) groups is 1. The van der Waals surface area contributed by atoms with Crippen LogP contribution in [0.15, 0.2) is 71.2 Å². The van der Waals surface area contributed by atoms with Gasteiger partial charge in [0.05, 0.1) is 14.2 Å². The molecule has 31 heavy (non-hydrogen) atoms. The van der Waals surface area contributed by atoms with Crippen LogP contribution in [-0.4, -0.2) is 25.1 Å². The first-order chi connectivity index (χ1) is 15.1. The Bertz CT molecular complexity index is 1280. The van der Waals surface area contributed by atoms with Crippen molar-refractivity contribution in [2.45, 2.75) is 0 Å². The highest BCUT2D eigenvalue weighted by Gasteiger charge is 2.10. The smallest absolute Gasteiger partial charge is 0.248 e. The highest BCUT2D eigenvalue weighted by Crippen LogP contribution is 2.29. The summed E-state index contributed by atoms with van der Waals surface area (Å²) >= 11 is 6.05. The van der Waals surface area contributed by atoms with E-state index in [-0.39, 0.29) is 5.91 Å². The van der Waals surface area contributed by atoms with Crippen LogP contribution < -0.4 is 14.8 Å². The average molecular weight is 435 g/mol. The maximum absolute atomic E-state index is 12.4. The molecule has 6 nitrogen and oxygen atoms in total. The zero-order valence-corrected chi connectivity index (χ0v) is 17.6. The summed E-state index contributed by atoms with van der Waals surface area (Å²) in [6.07, 6.45) is 3.15. The number of amides is 1. The lowest BCUT2D eigenvalue weighted by Crippen LogP contribution is -2.07. The molecule has 0 saturated heterocycles. The van der Waals surface area contributed by atoms with E-state index in [0.717, 1.165) is 11.1 Å². The van der Waals surface area contributed by atoms with Crippen LogP contribution in [0.2, 0.25) is 5.02 Å². The number of carbonyl (C=O) groups excluding carboxylic acids is 1. The second kappa shape index (κ2) is 8.93. The molecule has 1 N–H and O–H groups in total. The Kier molecular flexibility index (Phi) is 5.91. The number of fused-ring (bicyclic) bond motifs is 1. The van der Waals surface area contributed by atoms with Gasteiger partial charge in [0.1, 0.15) is 5.52 Å². The molecule has 4 rings (SSSR count). The topological polar surface area (TPSA) is 73.6 Å². The molecule has 156 valence electrons. The quantitative estimate of drug-likeness (QED) is 0.387. The molecule has 0 aliphatic rings. The summed E-state index contributed by atoms with van der Waals surface area (Å²) in [5.41, 5.74) is 3.46. The number of halogens is 1. The van der Waals surface area contributed by atoms with E-state index in [4.69, 9.17) is 25.5 Å². The van der Waals surface area contributed by atoms with Crippen LogP contribution in [0.25, 0.3) is 28.6 Å². The predicted molar refractivity (Wildman–Crippen MR) is 122 cm³/mol. The summed E-state index contributed by atoms with van der Waals surface area (Å²) in [6, 6.07) is 18.0. The fraction of sp³-hybridized carbons (Fsp3) is 0.0833. The van der Waals surface area contributed by atoms with E-state index in [9.17, 15) is 4.79 Å². The molecule has 3 aromatic carbocycles. The summed E-state index contributed by atoms with van der Waals surface area (Å²) in [4.78, 5) is 16.9. The first kappa shape index (κ1) is 20.5. The van der Waals surface area contributed by atoms with Crippen LogP contribution in [0.1, 0.15) is 5.56 Å². The van der Waals surface area contributed by atoms with Gasteiger partial charge >= 0.3 is 0 Å². The van der Waals surface area contributed by atoms with Gasteiger partial charge in [0.15, 0.2) is 17.1 Å². The van der Waals surface area contributed by atoms with E-state index < -0.39 is 0 Å². The molecular formula is C24H19ClN2O4. The van der Waals surface area contributed by atoms with Gasteiger partial charge in [-0.2, -0.15) is 0 Å². The molecule has 1 heterocycles. The van der Waals surface area contributed by atoms with Crippen molar-refractivity contribution in [1.82, 2.24) is 4.98 Å². The molecule has 0 radical (unpaired) electrons. The van der Waals surface area contributed by atoms with Gasteiger partial charge in [-0.1, -0.05) is 23.7 Å². The lowest BCUT2D eigenvalue weighted by Gasteiger charge is -2.07. The Labute approximate surface area is 184 Å². The van der Waals surface area contributed by atoms with E-state index in [2.05, 4.69) is 10.3 Å². The minimum Gasteiger partial charge on any atom is -0.493 e. The van der Waals surface area contributed by atoms with Crippen LogP contribution in [0, 0.1) is 0 Å². The Hall–Kier alpha value is -3.77. The summed E-state index contributed by atoms with van der Waals surface area (Å²) in [5, 5.41) is 3.43. The third-order valence-electron chi connectivity index (χ3n) is 4.56. The normalized spacial score (nSPS) is 11.1. The van der Waals surface area contributed by atoms with Crippen LogP contribution in [0.4, 0.5) is 5.69 Å². The van der Waals surface area contributed by atoms with Crippen molar-refractivity contribution in [1.29, 1.82) is 0 Å². The number of methoxy groups -OCH3 is 2. The molecule has 1 amide bonds. The molecule has 0 atom stereocenters. The first-order valence-electron chi connectivity index (χ1n) is 9.43. The third-order valence-corrected chi connectivity index (χ3v) is 4.80. The Balaban J connectivity index is 1.49. The first-order valence-corrected chi connectivity index (χ1v) is 9.81. The number of nitrogens with zero attached hydrogens (tertiary/aromatic N) is 1. The molecule has 0 unspecified atom stereocenters. The van der Waals surface area contributed by atoms with E-state index in [1.165, 1.54) is 6.08 Å². The van der Waals surface area contributed by atoms with Gasteiger partial charge in [-0.15, -0.1) is 0 Å². The number of ether oxygens (including phenoxy) is 2. The van der Waals surface area contributed by atoms with Gasteiger partial charge in [0, 0.05) is 22.3 Å². The fourth-order valence-corrected chi connectivity index (χ4v) is 3.25. The number of benzene rings is 3. The molecule has 0 aliphatic carbocycles. The molecular weight excluding hydrogens is 416 g/mol. The number of nitrogens with one attached hydrogen (secondary N) is 1. The molecule has 0 spiro atoms. The maximum Gasteiger partial charge on any atom is 0.248 e. The zero-order valence-electron chi connectivity index (χ0n) is 16.9. The van der Waals surface area contributed by atoms with Crippen molar-refractivity contribution in [2.75, 3.05) is 19.5 Å². The SMILES string of the molecule is COc1ccc(/C=C/C(=O)Nc2ccc3oc(-c4cccc(Cl)c4)nc3c2)cc1OC. The van der Waals surface area contributed by atoms with Gasteiger partial charge in [-0.25, -0.2) is 4.98 Å². The van der Waals surface area contributed by atoms with Crippen LogP contribution in [0.5, 0.6) is 11.5 Å². The number of anilines is 1. The lowest BCUT2D eigenvalue weighted by molar-refractivity contribution is -0.111. The van der Waals surface area contributed by atoms with Gasteiger partial charge in [0.25, 0.3) is 0 Å². The molecule has 0 bridgehead atoms. The van der Waals surface area contributed by atoms with Crippen molar-refractivity contribution in [2.24, 2.45) is 0 Å².